The zero-order valence-corrected chi connectivity index (χ0v) is 11.9. The molecule has 1 aromatic rings. The van der Waals surface area contributed by atoms with Gasteiger partial charge in [-0.2, -0.15) is 0 Å². The van der Waals surface area contributed by atoms with E-state index in [4.69, 9.17) is 15.2 Å². The molecule has 18 heavy (non-hydrogen) atoms. The van der Waals surface area contributed by atoms with E-state index in [1.54, 1.807) is 7.11 Å². The van der Waals surface area contributed by atoms with Crippen molar-refractivity contribution in [3.63, 3.8) is 0 Å². The second-order valence-corrected chi connectivity index (χ2v) is 4.90. The summed E-state index contributed by atoms with van der Waals surface area (Å²) in [6, 6.07) is 5.77. The minimum absolute atomic E-state index is 0.0348. The van der Waals surface area contributed by atoms with E-state index in [2.05, 4.69) is 13.8 Å². The average molecular weight is 251 g/mol. The summed E-state index contributed by atoms with van der Waals surface area (Å²) in [7, 11) is 1.66. The van der Waals surface area contributed by atoms with Gasteiger partial charge in [-0.25, -0.2) is 0 Å². The number of rotatable bonds is 7. The summed E-state index contributed by atoms with van der Waals surface area (Å²) in [5.41, 5.74) is 6.98. The summed E-state index contributed by atoms with van der Waals surface area (Å²) in [5.74, 6) is 2.20. The van der Waals surface area contributed by atoms with Gasteiger partial charge in [0.2, 0.25) is 0 Å². The largest absolute Gasteiger partial charge is 0.497 e. The molecule has 2 N–H and O–H groups in total. The number of benzene rings is 1. The molecule has 0 radical (unpaired) electrons. The lowest BCUT2D eigenvalue weighted by Crippen LogP contribution is -2.12. The van der Waals surface area contributed by atoms with E-state index in [-0.39, 0.29) is 6.04 Å². The summed E-state index contributed by atoms with van der Waals surface area (Å²) in [6.07, 6.45) is 2.36. The Morgan fingerprint density at radius 3 is 2.56 bits per heavy atom. The number of hydrogen-bond acceptors (Lipinski definition) is 3. The molecule has 1 aromatic carbocycles. The molecule has 0 aliphatic carbocycles. The van der Waals surface area contributed by atoms with Crippen molar-refractivity contribution in [3.8, 4) is 11.5 Å². The average Bonchev–Trinajstić information content (AvgIpc) is 2.36. The molecule has 3 nitrogen and oxygen atoms in total. The molecule has 0 aliphatic rings. The lowest BCUT2D eigenvalue weighted by molar-refractivity contribution is 0.247. The maximum absolute atomic E-state index is 5.95. The Hall–Kier alpha value is -1.22. The molecule has 0 saturated carbocycles. The molecule has 0 spiro atoms. The van der Waals surface area contributed by atoms with Gasteiger partial charge in [0.1, 0.15) is 11.5 Å². The summed E-state index contributed by atoms with van der Waals surface area (Å²) in [4.78, 5) is 0. The number of nitrogens with two attached hydrogens (primary N) is 1. The van der Waals surface area contributed by atoms with Crippen molar-refractivity contribution in [3.05, 3.63) is 23.8 Å². The first-order valence-corrected chi connectivity index (χ1v) is 6.64. The van der Waals surface area contributed by atoms with Crippen molar-refractivity contribution in [2.75, 3.05) is 13.7 Å². The topological polar surface area (TPSA) is 44.5 Å². The third-order valence-corrected chi connectivity index (χ3v) is 3.02. The van der Waals surface area contributed by atoms with E-state index in [1.165, 1.54) is 12.8 Å². The highest BCUT2D eigenvalue weighted by Crippen LogP contribution is 2.29. The molecule has 2 atom stereocenters. The van der Waals surface area contributed by atoms with E-state index < -0.39 is 0 Å². The minimum Gasteiger partial charge on any atom is -0.497 e. The molecule has 1 rings (SSSR count). The van der Waals surface area contributed by atoms with Gasteiger partial charge >= 0.3 is 0 Å². The lowest BCUT2D eigenvalue weighted by atomic mass is 10.1. The fourth-order valence-corrected chi connectivity index (χ4v) is 1.95. The lowest BCUT2D eigenvalue weighted by Gasteiger charge is -2.17. The second-order valence-electron chi connectivity index (χ2n) is 4.90. The molecular weight excluding hydrogens is 226 g/mol. The Morgan fingerprint density at radius 2 is 2.00 bits per heavy atom. The number of methoxy groups -OCH3 is 1. The maximum Gasteiger partial charge on any atom is 0.127 e. The first-order valence-electron chi connectivity index (χ1n) is 6.64. The van der Waals surface area contributed by atoms with Crippen LogP contribution in [0, 0.1) is 5.92 Å². The first kappa shape index (κ1) is 14.8. The molecule has 1 unspecified atom stereocenters. The van der Waals surface area contributed by atoms with Crippen LogP contribution in [-0.4, -0.2) is 13.7 Å². The van der Waals surface area contributed by atoms with Crippen LogP contribution >= 0.6 is 0 Å². The SMILES string of the molecule is CCCC(C)COc1cc(OC)ccc1[C@H](C)N. The molecule has 3 heteroatoms. The van der Waals surface area contributed by atoms with Gasteiger partial charge in [-0.05, 0) is 25.3 Å². The van der Waals surface area contributed by atoms with Crippen LogP contribution in [-0.2, 0) is 0 Å². The molecule has 0 amide bonds. The number of hydrogen-bond donors (Lipinski definition) is 1. The van der Waals surface area contributed by atoms with Gasteiger partial charge in [-0.15, -0.1) is 0 Å². The minimum atomic E-state index is -0.0348. The van der Waals surface area contributed by atoms with Gasteiger partial charge < -0.3 is 15.2 Å². The molecule has 0 aliphatic heterocycles. The Balaban J connectivity index is 2.77. The van der Waals surface area contributed by atoms with Crippen LogP contribution in [0.2, 0.25) is 0 Å². The van der Waals surface area contributed by atoms with Crippen molar-refractivity contribution in [2.24, 2.45) is 11.7 Å². The summed E-state index contributed by atoms with van der Waals surface area (Å²) in [5, 5.41) is 0. The predicted molar refractivity (Wildman–Crippen MR) is 75.2 cm³/mol. The Labute approximate surface area is 110 Å². The molecule has 102 valence electrons. The van der Waals surface area contributed by atoms with Gasteiger partial charge in [0.25, 0.3) is 0 Å². The summed E-state index contributed by atoms with van der Waals surface area (Å²) < 4.78 is 11.1. The van der Waals surface area contributed by atoms with Gasteiger partial charge in [0.15, 0.2) is 0 Å². The van der Waals surface area contributed by atoms with Crippen LogP contribution in [0.4, 0.5) is 0 Å². The highest BCUT2D eigenvalue weighted by atomic mass is 16.5. The van der Waals surface area contributed by atoms with Crippen LogP contribution in [0.1, 0.15) is 45.2 Å². The van der Waals surface area contributed by atoms with Crippen molar-refractivity contribution in [2.45, 2.75) is 39.7 Å². The van der Waals surface area contributed by atoms with Crippen molar-refractivity contribution < 1.29 is 9.47 Å². The zero-order valence-electron chi connectivity index (χ0n) is 11.9. The van der Waals surface area contributed by atoms with Crippen LogP contribution in [0.5, 0.6) is 11.5 Å². The zero-order chi connectivity index (χ0) is 13.5. The molecular formula is C15H25NO2. The Kier molecular flexibility index (Phi) is 5.99. The van der Waals surface area contributed by atoms with Gasteiger partial charge in [0.05, 0.1) is 13.7 Å². The van der Waals surface area contributed by atoms with Crippen LogP contribution in [0.25, 0.3) is 0 Å². The predicted octanol–water partition coefficient (Wildman–Crippen LogP) is 3.53. The van der Waals surface area contributed by atoms with Crippen LogP contribution < -0.4 is 15.2 Å². The van der Waals surface area contributed by atoms with Gasteiger partial charge in [-0.1, -0.05) is 26.3 Å². The normalized spacial score (nSPS) is 14.1. The van der Waals surface area contributed by atoms with Gasteiger partial charge in [0, 0.05) is 17.7 Å². The van der Waals surface area contributed by atoms with E-state index in [9.17, 15) is 0 Å². The molecule has 0 fully saturated rings. The molecule has 0 bridgehead atoms. The fourth-order valence-electron chi connectivity index (χ4n) is 1.95. The van der Waals surface area contributed by atoms with E-state index in [0.29, 0.717) is 5.92 Å². The van der Waals surface area contributed by atoms with Crippen molar-refractivity contribution in [1.29, 1.82) is 0 Å². The van der Waals surface area contributed by atoms with Crippen molar-refractivity contribution >= 4 is 0 Å². The number of ether oxygens (including phenoxy) is 2. The first-order chi connectivity index (χ1) is 8.58. The van der Waals surface area contributed by atoms with E-state index in [0.717, 1.165) is 23.7 Å². The van der Waals surface area contributed by atoms with Crippen LogP contribution in [0.3, 0.4) is 0 Å². The third-order valence-electron chi connectivity index (χ3n) is 3.02. The monoisotopic (exact) mass is 251 g/mol. The van der Waals surface area contributed by atoms with E-state index in [1.807, 2.05) is 25.1 Å². The van der Waals surface area contributed by atoms with Gasteiger partial charge in [-0.3, -0.25) is 0 Å². The van der Waals surface area contributed by atoms with E-state index >= 15 is 0 Å². The highest BCUT2D eigenvalue weighted by molar-refractivity contribution is 5.42. The quantitative estimate of drug-likeness (QED) is 0.806. The molecule has 0 heterocycles. The summed E-state index contributed by atoms with van der Waals surface area (Å²) in [6.45, 7) is 7.08. The van der Waals surface area contributed by atoms with Crippen LogP contribution in [0.15, 0.2) is 18.2 Å². The molecule has 0 aromatic heterocycles. The Morgan fingerprint density at radius 1 is 1.28 bits per heavy atom. The Bertz CT molecular complexity index is 364. The van der Waals surface area contributed by atoms with Crippen molar-refractivity contribution in [1.82, 2.24) is 0 Å². The summed E-state index contributed by atoms with van der Waals surface area (Å²) >= 11 is 0. The third kappa shape index (κ3) is 4.22. The second kappa shape index (κ2) is 7.27. The highest BCUT2D eigenvalue weighted by Gasteiger charge is 2.11. The molecule has 0 saturated heterocycles. The standard InChI is InChI=1S/C15H25NO2/c1-5-6-11(2)10-18-15-9-13(17-4)7-8-14(15)12(3)16/h7-9,11-12H,5-6,10,16H2,1-4H3/t11?,12-/m0/s1. The smallest absolute Gasteiger partial charge is 0.127 e. The maximum atomic E-state index is 5.95. The fraction of sp³-hybridized carbons (Fsp3) is 0.600.